The second-order valence-electron chi connectivity index (χ2n) is 4.47. The Hall–Kier alpha value is -1.39. The van der Waals surface area contributed by atoms with Gasteiger partial charge < -0.3 is 16.8 Å². The van der Waals surface area contributed by atoms with Crippen molar-refractivity contribution in [3.05, 3.63) is 35.9 Å². The van der Waals surface area contributed by atoms with E-state index < -0.39 is 6.04 Å². The second-order valence-corrected chi connectivity index (χ2v) is 4.47. The van der Waals surface area contributed by atoms with Gasteiger partial charge in [0.1, 0.15) is 6.04 Å². The van der Waals surface area contributed by atoms with Gasteiger partial charge in [-0.1, -0.05) is 50.1 Å². The Kier molecular flexibility index (Phi) is 6.39. The van der Waals surface area contributed by atoms with Gasteiger partial charge in [0.2, 0.25) is 5.91 Å². The Morgan fingerprint density at radius 3 is 2.56 bits per heavy atom. The number of carbonyl (C=O) groups excluding carboxylic acids is 1. The normalized spacial score (nSPS) is 13.9. The molecule has 4 nitrogen and oxygen atoms in total. The predicted octanol–water partition coefficient (Wildman–Crippen LogP) is 1.32. The standard InChI is InChI=1S/C14H23N3O/c1-2-3-9-12(10-15)17-14(18)13(16)11-7-5-4-6-8-11/h4-8,12-13H,2-3,9-10,15-16H2,1H3,(H,17,18). The average molecular weight is 249 g/mol. The van der Waals surface area contributed by atoms with Crippen molar-refractivity contribution in [3.8, 4) is 0 Å². The van der Waals surface area contributed by atoms with Crippen LogP contribution in [0.1, 0.15) is 37.8 Å². The summed E-state index contributed by atoms with van der Waals surface area (Å²) in [6.07, 6.45) is 3.06. The molecule has 0 spiro atoms. The molecule has 1 rings (SSSR count). The summed E-state index contributed by atoms with van der Waals surface area (Å²) in [6, 6.07) is 8.76. The molecule has 2 unspecified atom stereocenters. The van der Waals surface area contributed by atoms with Crippen LogP contribution < -0.4 is 16.8 Å². The van der Waals surface area contributed by atoms with Gasteiger partial charge in [0.15, 0.2) is 0 Å². The SMILES string of the molecule is CCCCC(CN)NC(=O)C(N)c1ccccc1. The van der Waals surface area contributed by atoms with Crippen molar-refractivity contribution in [1.29, 1.82) is 0 Å². The lowest BCUT2D eigenvalue weighted by atomic mass is 10.1. The minimum atomic E-state index is -0.623. The van der Waals surface area contributed by atoms with Crippen molar-refractivity contribution in [2.24, 2.45) is 11.5 Å². The Bertz CT molecular complexity index is 353. The van der Waals surface area contributed by atoms with E-state index in [1.807, 2.05) is 30.3 Å². The molecule has 0 saturated carbocycles. The molecule has 0 radical (unpaired) electrons. The van der Waals surface area contributed by atoms with Crippen LogP contribution in [0.5, 0.6) is 0 Å². The van der Waals surface area contributed by atoms with Gasteiger partial charge in [0.05, 0.1) is 0 Å². The van der Waals surface area contributed by atoms with Gasteiger partial charge in [0, 0.05) is 12.6 Å². The number of hydrogen-bond acceptors (Lipinski definition) is 3. The van der Waals surface area contributed by atoms with Gasteiger partial charge in [-0.15, -0.1) is 0 Å². The molecule has 0 aromatic heterocycles. The summed E-state index contributed by atoms with van der Waals surface area (Å²) in [6.45, 7) is 2.57. The number of nitrogens with one attached hydrogen (secondary N) is 1. The van der Waals surface area contributed by atoms with Crippen LogP contribution in [0, 0.1) is 0 Å². The van der Waals surface area contributed by atoms with E-state index in [-0.39, 0.29) is 11.9 Å². The minimum absolute atomic E-state index is 0.0206. The van der Waals surface area contributed by atoms with E-state index in [4.69, 9.17) is 11.5 Å². The van der Waals surface area contributed by atoms with Gasteiger partial charge in [-0.3, -0.25) is 4.79 Å². The molecule has 0 saturated heterocycles. The van der Waals surface area contributed by atoms with Crippen molar-refractivity contribution < 1.29 is 4.79 Å². The van der Waals surface area contributed by atoms with E-state index in [1.165, 1.54) is 0 Å². The minimum Gasteiger partial charge on any atom is -0.350 e. The average Bonchev–Trinajstić information content (AvgIpc) is 2.43. The Balaban J connectivity index is 2.53. The molecular weight excluding hydrogens is 226 g/mol. The zero-order valence-corrected chi connectivity index (χ0v) is 10.9. The predicted molar refractivity (Wildman–Crippen MR) is 73.9 cm³/mol. The quantitative estimate of drug-likeness (QED) is 0.681. The van der Waals surface area contributed by atoms with Crippen molar-refractivity contribution in [1.82, 2.24) is 5.32 Å². The van der Waals surface area contributed by atoms with Crippen LogP contribution in [0.4, 0.5) is 0 Å². The molecular formula is C14H23N3O. The molecule has 5 N–H and O–H groups in total. The first-order valence-electron chi connectivity index (χ1n) is 6.50. The lowest BCUT2D eigenvalue weighted by Crippen LogP contribution is -2.44. The van der Waals surface area contributed by atoms with Crippen LogP contribution in [0.15, 0.2) is 30.3 Å². The number of unbranched alkanes of at least 4 members (excludes halogenated alkanes) is 1. The van der Waals surface area contributed by atoms with Gasteiger partial charge in [-0.25, -0.2) is 0 Å². The Morgan fingerprint density at radius 1 is 1.33 bits per heavy atom. The summed E-state index contributed by atoms with van der Waals surface area (Å²) >= 11 is 0. The molecule has 0 fully saturated rings. The third-order valence-corrected chi connectivity index (χ3v) is 2.98. The second kappa shape index (κ2) is 7.84. The van der Waals surface area contributed by atoms with Gasteiger partial charge >= 0.3 is 0 Å². The van der Waals surface area contributed by atoms with Gasteiger partial charge in [-0.2, -0.15) is 0 Å². The zero-order valence-electron chi connectivity index (χ0n) is 10.9. The molecule has 0 heterocycles. The molecule has 0 bridgehead atoms. The maximum absolute atomic E-state index is 12.0. The zero-order chi connectivity index (χ0) is 13.4. The number of rotatable bonds is 7. The summed E-state index contributed by atoms with van der Waals surface area (Å²) in [5, 5.41) is 2.91. The molecule has 0 aliphatic carbocycles. The van der Waals surface area contributed by atoms with Gasteiger partial charge in [-0.05, 0) is 12.0 Å². The first kappa shape index (κ1) is 14.7. The van der Waals surface area contributed by atoms with Crippen LogP contribution in [-0.4, -0.2) is 18.5 Å². The van der Waals surface area contributed by atoms with E-state index in [1.54, 1.807) is 0 Å². The molecule has 2 atom stereocenters. The number of carbonyl (C=O) groups is 1. The maximum Gasteiger partial charge on any atom is 0.241 e. The highest BCUT2D eigenvalue weighted by molar-refractivity contribution is 5.83. The summed E-state index contributed by atoms with van der Waals surface area (Å²) in [7, 11) is 0. The lowest BCUT2D eigenvalue weighted by molar-refractivity contribution is -0.123. The molecule has 1 aromatic rings. The molecule has 100 valence electrons. The smallest absolute Gasteiger partial charge is 0.241 e. The monoisotopic (exact) mass is 249 g/mol. The topological polar surface area (TPSA) is 81.1 Å². The fourth-order valence-corrected chi connectivity index (χ4v) is 1.80. The van der Waals surface area contributed by atoms with Crippen LogP contribution >= 0.6 is 0 Å². The van der Waals surface area contributed by atoms with Crippen molar-refractivity contribution in [2.75, 3.05) is 6.54 Å². The van der Waals surface area contributed by atoms with Crippen molar-refractivity contribution in [3.63, 3.8) is 0 Å². The Labute approximate surface area is 109 Å². The molecule has 1 aromatic carbocycles. The number of hydrogen-bond donors (Lipinski definition) is 3. The van der Waals surface area contributed by atoms with Crippen LogP contribution in [0.25, 0.3) is 0 Å². The number of benzene rings is 1. The third-order valence-electron chi connectivity index (χ3n) is 2.98. The van der Waals surface area contributed by atoms with E-state index >= 15 is 0 Å². The first-order chi connectivity index (χ1) is 8.69. The van der Waals surface area contributed by atoms with Crippen molar-refractivity contribution >= 4 is 5.91 Å². The molecule has 18 heavy (non-hydrogen) atoms. The summed E-state index contributed by atoms with van der Waals surface area (Å²) in [5.74, 6) is -0.159. The highest BCUT2D eigenvalue weighted by atomic mass is 16.2. The number of amides is 1. The molecule has 0 aliphatic heterocycles. The van der Waals surface area contributed by atoms with E-state index in [2.05, 4.69) is 12.2 Å². The van der Waals surface area contributed by atoms with E-state index in [0.29, 0.717) is 6.54 Å². The molecule has 0 aliphatic rings. The highest BCUT2D eigenvalue weighted by Gasteiger charge is 2.18. The summed E-state index contributed by atoms with van der Waals surface area (Å²) in [5.41, 5.74) is 12.4. The third kappa shape index (κ3) is 4.47. The fourth-order valence-electron chi connectivity index (χ4n) is 1.80. The van der Waals surface area contributed by atoms with Crippen LogP contribution in [0.3, 0.4) is 0 Å². The summed E-state index contributed by atoms with van der Waals surface area (Å²) < 4.78 is 0. The Morgan fingerprint density at radius 2 is 2.00 bits per heavy atom. The van der Waals surface area contributed by atoms with E-state index in [0.717, 1.165) is 24.8 Å². The lowest BCUT2D eigenvalue weighted by Gasteiger charge is -2.19. The van der Waals surface area contributed by atoms with Crippen molar-refractivity contribution in [2.45, 2.75) is 38.3 Å². The van der Waals surface area contributed by atoms with Gasteiger partial charge in [0.25, 0.3) is 0 Å². The molecule has 4 heteroatoms. The largest absolute Gasteiger partial charge is 0.350 e. The maximum atomic E-state index is 12.0. The number of nitrogens with two attached hydrogens (primary N) is 2. The molecule has 1 amide bonds. The highest BCUT2D eigenvalue weighted by Crippen LogP contribution is 2.10. The summed E-state index contributed by atoms with van der Waals surface area (Å²) in [4.78, 5) is 12.0. The first-order valence-corrected chi connectivity index (χ1v) is 6.50. The van der Waals surface area contributed by atoms with E-state index in [9.17, 15) is 4.79 Å². The fraction of sp³-hybridized carbons (Fsp3) is 0.500. The van der Waals surface area contributed by atoms with Crippen LogP contribution in [0.2, 0.25) is 0 Å². The van der Waals surface area contributed by atoms with Crippen LogP contribution in [-0.2, 0) is 4.79 Å².